The zero-order valence-electron chi connectivity index (χ0n) is 10.9. The summed E-state index contributed by atoms with van der Waals surface area (Å²) in [5.74, 6) is 1.35. The molecule has 0 saturated carbocycles. The van der Waals surface area contributed by atoms with Crippen LogP contribution in [0.3, 0.4) is 0 Å². The Morgan fingerprint density at radius 2 is 2.10 bits per heavy atom. The van der Waals surface area contributed by atoms with Crippen molar-refractivity contribution in [2.24, 2.45) is 0 Å². The van der Waals surface area contributed by atoms with E-state index in [9.17, 15) is 4.79 Å². The molecule has 0 aliphatic rings. The van der Waals surface area contributed by atoms with E-state index in [1.54, 1.807) is 13.0 Å². The first-order chi connectivity index (χ1) is 9.45. The standard InChI is InChI=1S/C13H12Br2N2O3/c1-7-3-9(14)5-10(15)13(7)19-6-12(18)16-11-4-8(2)20-17-11/h3-5H,6H2,1-2H3,(H,16,17,18). The van der Waals surface area contributed by atoms with Crippen molar-refractivity contribution in [1.29, 1.82) is 0 Å². The first kappa shape index (κ1) is 15.1. The molecule has 5 nitrogen and oxygen atoms in total. The molecule has 0 bridgehead atoms. The highest BCUT2D eigenvalue weighted by Gasteiger charge is 2.11. The lowest BCUT2D eigenvalue weighted by Crippen LogP contribution is -2.20. The molecule has 0 unspecified atom stereocenters. The molecule has 7 heteroatoms. The Morgan fingerprint density at radius 3 is 2.70 bits per heavy atom. The summed E-state index contributed by atoms with van der Waals surface area (Å²) < 4.78 is 12.1. The lowest BCUT2D eigenvalue weighted by molar-refractivity contribution is -0.118. The van der Waals surface area contributed by atoms with Crippen molar-refractivity contribution in [3.05, 3.63) is 38.5 Å². The van der Waals surface area contributed by atoms with Crippen LogP contribution in [0.4, 0.5) is 5.82 Å². The van der Waals surface area contributed by atoms with Gasteiger partial charge in [0.25, 0.3) is 5.91 Å². The van der Waals surface area contributed by atoms with E-state index in [1.807, 2.05) is 19.1 Å². The highest BCUT2D eigenvalue weighted by Crippen LogP contribution is 2.32. The number of aryl methyl sites for hydroxylation is 2. The summed E-state index contributed by atoms with van der Waals surface area (Å²) in [6.07, 6.45) is 0. The van der Waals surface area contributed by atoms with Gasteiger partial charge in [-0.3, -0.25) is 4.79 Å². The molecule has 0 aliphatic heterocycles. The van der Waals surface area contributed by atoms with Gasteiger partial charge in [-0.25, -0.2) is 0 Å². The van der Waals surface area contributed by atoms with Crippen molar-refractivity contribution in [2.75, 3.05) is 11.9 Å². The van der Waals surface area contributed by atoms with Gasteiger partial charge in [0.15, 0.2) is 12.4 Å². The third-order valence-corrected chi connectivity index (χ3v) is 3.48. The topological polar surface area (TPSA) is 64.4 Å². The van der Waals surface area contributed by atoms with Gasteiger partial charge in [0, 0.05) is 10.5 Å². The van der Waals surface area contributed by atoms with Crippen LogP contribution in [0.25, 0.3) is 0 Å². The molecule has 0 atom stereocenters. The van der Waals surface area contributed by atoms with Crippen LogP contribution >= 0.6 is 31.9 Å². The van der Waals surface area contributed by atoms with Crippen LogP contribution in [0.2, 0.25) is 0 Å². The highest BCUT2D eigenvalue weighted by molar-refractivity contribution is 9.11. The van der Waals surface area contributed by atoms with Crippen LogP contribution in [0.5, 0.6) is 5.75 Å². The molecule has 1 aromatic carbocycles. The minimum atomic E-state index is -0.299. The monoisotopic (exact) mass is 402 g/mol. The molecule has 2 aromatic rings. The Kier molecular flexibility index (Phi) is 4.82. The fraction of sp³-hybridized carbons (Fsp3) is 0.231. The first-order valence-corrected chi connectivity index (χ1v) is 7.36. The molecular formula is C13H12Br2N2O3. The molecule has 1 aromatic heterocycles. The largest absolute Gasteiger partial charge is 0.482 e. The molecule has 20 heavy (non-hydrogen) atoms. The maximum absolute atomic E-state index is 11.7. The molecule has 0 radical (unpaired) electrons. The number of amides is 1. The van der Waals surface area contributed by atoms with E-state index >= 15 is 0 Å². The summed E-state index contributed by atoms with van der Waals surface area (Å²) in [6.45, 7) is 3.55. The van der Waals surface area contributed by atoms with Gasteiger partial charge < -0.3 is 14.6 Å². The van der Waals surface area contributed by atoms with Gasteiger partial charge in [-0.1, -0.05) is 21.1 Å². The number of hydrogen-bond donors (Lipinski definition) is 1. The van der Waals surface area contributed by atoms with Crippen LogP contribution < -0.4 is 10.1 Å². The van der Waals surface area contributed by atoms with Crippen molar-refractivity contribution in [3.8, 4) is 5.75 Å². The van der Waals surface area contributed by atoms with Crippen LogP contribution in [0, 0.1) is 13.8 Å². The molecule has 106 valence electrons. The number of nitrogens with zero attached hydrogens (tertiary/aromatic N) is 1. The summed E-state index contributed by atoms with van der Waals surface area (Å²) in [7, 11) is 0. The number of benzene rings is 1. The van der Waals surface area contributed by atoms with E-state index in [4.69, 9.17) is 9.26 Å². The minimum absolute atomic E-state index is 0.104. The Hall–Kier alpha value is -1.34. The number of carbonyl (C=O) groups is 1. The molecule has 0 saturated heterocycles. The number of aromatic nitrogens is 1. The van der Waals surface area contributed by atoms with Gasteiger partial charge in [-0.05, 0) is 47.5 Å². The van der Waals surface area contributed by atoms with Gasteiger partial charge in [0.1, 0.15) is 11.5 Å². The van der Waals surface area contributed by atoms with Crippen molar-refractivity contribution >= 4 is 43.6 Å². The average molecular weight is 404 g/mol. The fourth-order valence-electron chi connectivity index (χ4n) is 1.61. The normalized spacial score (nSPS) is 10.4. The number of hydrogen-bond acceptors (Lipinski definition) is 4. The minimum Gasteiger partial charge on any atom is -0.482 e. The summed E-state index contributed by atoms with van der Waals surface area (Å²) in [5.41, 5.74) is 0.927. The van der Waals surface area contributed by atoms with Gasteiger partial charge >= 0.3 is 0 Å². The van der Waals surface area contributed by atoms with Gasteiger partial charge in [-0.15, -0.1) is 0 Å². The van der Waals surface area contributed by atoms with Crippen LogP contribution in [-0.2, 0) is 4.79 Å². The number of carbonyl (C=O) groups excluding carboxylic acids is 1. The second-order valence-electron chi connectivity index (χ2n) is 4.19. The maximum atomic E-state index is 11.7. The molecule has 1 amide bonds. The molecule has 0 spiro atoms. The van der Waals surface area contributed by atoms with Crippen LogP contribution in [0.15, 0.2) is 31.7 Å². The van der Waals surface area contributed by atoms with Gasteiger partial charge in [0.05, 0.1) is 4.47 Å². The van der Waals surface area contributed by atoms with E-state index in [0.29, 0.717) is 17.3 Å². The molecule has 0 aliphatic carbocycles. The zero-order chi connectivity index (χ0) is 14.7. The van der Waals surface area contributed by atoms with Crippen molar-refractivity contribution in [1.82, 2.24) is 5.16 Å². The Morgan fingerprint density at radius 1 is 1.35 bits per heavy atom. The van der Waals surface area contributed by atoms with E-state index in [-0.39, 0.29) is 12.5 Å². The molecule has 1 heterocycles. The summed E-state index contributed by atoms with van der Waals surface area (Å²) >= 11 is 6.79. The summed E-state index contributed by atoms with van der Waals surface area (Å²) in [4.78, 5) is 11.7. The van der Waals surface area contributed by atoms with E-state index in [0.717, 1.165) is 14.5 Å². The number of anilines is 1. The van der Waals surface area contributed by atoms with E-state index < -0.39 is 0 Å². The molecule has 0 fully saturated rings. The second kappa shape index (κ2) is 6.41. The Labute approximate surface area is 132 Å². The van der Waals surface area contributed by atoms with Crippen LogP contribution in [-0.4, -0.2) is 17.7 Å². The van der Waals surface area contributed by atoms with E-state index in [2.05, 4.69) is 42.3 Å². The lowest BCUT2D eigenvalue weighted by Gasteiger charge is -2.11. The summed E-state index contributed by atoms with van der Waals surface area (Å²) in [5, 5.41) is 6.27. The highest BCUT2D eigenvalue weighted by atomic mass is 79.9. The maximum Gasteiger partial charge on any atom is 0.263 e. The Bertz CT molecular complexity index is 617. The molecule has 1 N–H and O–H groups in total. The zero-order valence-corrected chi connectivity index (χ0v) is 14.0. The number of halogens is 2. The predicted octanol–water partition coefficient (Wildman–Crippen LogP) is 3.83. The third-order valence-electron chi connectivity index (χ3n) is 2.44. The quantitative estimate of drug-likeness (QED) is 0.842. The number of rotatable bonds is 4. The van der Waals surface area contributed by atoms with Crippen molar-refractivity contribution < 1.29 is 14.1 Å². The van der Waals surface area contributed by atoms with Crippen LogP contribution in [0.1, 0.15) is 11.3 Å². The first-order valence-electron chi connectivity index (χ1n) is 5.77. The van der Waals surface area contributed by atoms with Crippen molar-refractivity contribution in [3.63, 3.8) is 0 Å². The van der Waals surface area contributed by atoms with Gasteiger partial charge in [-0.2, -0.15) is 0 Å². The third kappa shape index (κ3) is 3.83. The second-order valence-corrected chi connectivity index (χ2v) is 5.96. The average Bonchev–Trinajstić information content (AvgIpc) is 2.73. The van der Waals surface area contributed by atoms with E-state index in [1.165, 1.54) is 0 Å². The van der Waals surface area contributed by atoms with Crippen molar-refractivity contribution in [2.45, 2.75) is 13.8 Å². The Balaban J connectivity index is 1.97. The summed E-state index contributed by atoms with van der Waals surface area (Å²) in [6, 6.07) is 5.42. The molecule has 2 rings (SSSR count). The fourth-order valence-corrected chi connectivity index (χ4v) is 3.17. The predicted molar refractivity (Wildman–Crippen MR) is 81.9 cm³/mol. The number of nitrogens with one attached hydrogen (secondary N) is 1. The SMILES string of the molecule is Cc1cc(NC(=O)COc2c(C)cc(Br)cc2Br)no1. The lowest BCUT2D eigenvalue weighted by atomic mass is 10.2. The van der Waals surface area contributed by atoms with Gasteiger partial charge in [0.2, 0.25) is 0 Å². The molecular weight excluding hydrogens is 392 g/mol. The number of ether oxygens (including phenoxy) is 1. The smallest absolute Gasteiger partial charge is 0.263 e.